The molecule has 0 spiro atoms. The Morgan fingerprint density at radius 2 is 1.95 bits per heavy atom. The van der Waals surface area contributed by atoms with Crippen LogP contribution < -0.4 is 10.6 Å². The molecule has 21 heavy (non-hydrogen) atoms. The van der Waals surface area contributed by atoms with Gasteiger partial charge in [0.25, 0.3) is 0 Å². The Bertz CT molecular complexity index is 639. The Labute approximate surface area is 123 Å². The van der Waals surface area contributed by atoms with E-state index in [4.69, 9.17) is 0 Å². The van der Waals surface area contributed by atoms with Crippen molar-refractivity contribution in [1.29, 1.82) is 0 Å². The molecule has 0 aromatic heterocycles. The first-order valence-corrected chi connectivity index (χ1v) is 7.09. The molecule has 3 nitrogen and oxygen atoms in total. The summed E-state index contributed by atoms with van der Waals surface area (Å²) in [5.74, 6) is -0.288. The standard InChI is InChI=1S/C17H17FN2O/c18-14-8-5-12(6-9-14)11-19-17(21)16-10-7-13-3-1-2-4-15(13)20-16/h1-6,8-9,16,20H,7,10-11H2,(H,19,21). The molecule has 0 saturated heterocycles. The van der Waals surface area contributed by atoms with Crippen LogP contribution in [0.3, 0.4) is 0 Å². The van der Waals surface area contributed by atoms with Gasteiger partial charge in [0.2, 0.25) is 5.91 Å². The molecule has 1 heterocycles. The predicted octanol–water partition coefficient (Wildman–Crippen LogP) is 2.87. The topological polar surface area (TPSA) is 41.1 Å². The number of aryl methyl sites for hydroxylation is 1. The molecule has 3 rings (SSSR count). The number of para-hydroxylation sites is 1. The van der Waals surface area contributed by atoms with Crippen LogP contribution in [0.4, 0.5) is 10.1 Å². The van der Waals surface area contributed by atoms with Crippen molar-refractivity contribution in [3.63, 3.8) is 0 Å². The fourth-order valence-electron chi connectivity index (χ4n) is 2.55. The Morgan fingerprint density at radius 1 is 1.19 bits per heavy atom. The van der Waals surface area contributed by atoms with E-state index >= 15 is 0 Å². The van der Waals surface area contributed by atoms with Crippen LogP contribution in [0.25, 0.3) is 0 Å². The minimum absolute atomic E-state index is 0.0196. The van der Waals surface area contributed by atoms with Gasteiger partial charge in [-0.15, -0.1) is 0 Å². The molecule has 4 heteroatoms. The zero-order chi connectivity index (χ0) is 14.7. The van der Waals surface area contributed by atoms with E-state index in [1.54, 1.807) is 12.1 Å². The Hall–Kier alpha value is -2.36. The van der Waals surface area contributed by atoms with Crippen molar-refractivity contribution >= 4 is 11.6 Å². The number of amides is 1. The monoisotopic (exact) mass is 284 g/mol. The molecular weight excluding hydrogens is 267 g/mol. The minimum Gasteiger partial charge on any atom is -0.373 e. The quantitative estimate of drug-likeness (QED) is 0.910. The summed E-state index contributed by atoms with van der Waals surface area (Å²) in [4.78, 5) is 12.2. The van der Waals surface area contributed by atoms with E-state index in [1.807, 2.05) is 18.2 Å². The number of carbonyl (C=O) groups is 1. The van der Waals surface area contributed by atoms with Crippen LogP contribution in [0.15, 0.2) is 48.5 Å². The lowest BCUT2D eigenvalue weighted by Gasteiger charge is -2.26. The van der Waals surface area contributed by atoms with E-state index < -0.39 is 0 Å². The maximum absolute atomic E-state index is 12.8. The maximum Gasteiger partial charge on any atom is 0.242 e. The van der Waals surface area contributed by atoms with E-state index in [2.05, 4.69) is 16.7 Å². The van der Waals surface area contributed by atoms with Gasteiger partial charge in [0.15, 0.2) is 0 Å². The molecule has 1 atom stereocenters. The number of carbonyl (C=O) groups excluding carboxylic acids is 1. The third kappa shape index (κ3) is 3.21. The lowest BCUT2D eigenvalue weighted by atomic mass is 9.97. The van der Waals surface area contributed by atoms with Crippen molar-refractivity contribution in [3.8, 4) is 0 Å². The summed E-state index contributed by atoms with van der Waals surface area (Å²) in [6.45, 7) is 0.416. The van der Waals surface area contributed by atoms with Crippen LogP contribution in [0.2, 0.25) is 0 Å². The highest BCUT2D eigenvalue weighted by molar-refractivity contribution is 5.85. The van der Waals surface area contributed by atoms with E-state index in [0.717, 1.165) is 24.1 Å². The molecule has 0 bridgehead atoms. The molecule has 1 aliphatic heterocycles. The molecule has 1 amide bonds. The Morgan fingerprint density at radius 3 is 2.76 bits per heavy atom. The third-order valence-corrected chi connectivity index (χ3v) is 3.75. The van der Waals surface area contributed by atoms with Gasteiger partial charge in [-0.2, -0.15) is 0 Å². The van der Waals surface area contributed by atoms with Crippen LogP contribution in [0.1, 0.15) is 17.5 Å². The number of fused-ring (bicyclic) bond motifs is 1. The number of anilines is 1. The molecule has 108 valence electrons. The van der Waals surface area contributed by atoms with Crippen molar-refractivity contribution in [2.24, 2.45) is 0 Å². The summed E-state index contributed by atoms with van der Waals surface area (Å²) in [5, 5.41) is 6.17. The van der Waals surface area contributed by atoms with E-state index in [0.29, 0.717) is 6.54 Å². The molecule has 2 aromatic carbocycles. The second-order valence-electron chi connectivity index (χ2n) is 5.24. The fourth-order valence-corrected chi connectivity index (χ4v) is 2.55. The lowest BCUT2D eigenvalue weighted by Crippen LogP contribution is -2.41. The molecule has 0 radical (unpaired) electrons. The summed E-state index contributed by atoms with van der Waals surface area (Å²) in [6.07, 6.45) is 1.68. The van der Waals surface area contributed by atoms with Crippen LogP contribution in [-0.4, -0.2) is 11.9 Å². The highest BCUT2D eigenvalue weighted by atomic mass is 19.1. The Balaban J connectivity index is 1.58. The van der Waals surface area contributed by atoms with Crippen molar-refractivity contribution < 1.29 is 9.18 Å². The van der Waals surface area contributed by atoms with Crippen LogP contribution in [0.5, 0.6) is 0 Å². The molecule has 2 N–H and O–H groups in total. The van der Waals surface area contributed by atoms with Crippen molar-refractivity contribution in [1.82, 2.24) is 5.32 Å². The van der Waals surface area contributed by atoms with Gasteiger partial charge in [-0.05, 0) is 42.2 Å². The average Bonchev–Trinajstić information content (AvgIpc) is 2.53. The first-order valence-electron chi connectivity index (χ1n) is 7.09. The summed E-state index contributed by atoms with van der Waals surface area (Å²) in [5.41, 5.74) is 3.17. The molecule has 0 saturated carbocycles. The summed E-state index contributed by atoms with van der Waals surface area (Å²) >= 11 is 0. The van der Waals surface area contributed by atoms with Gasteiger partial charge in [-0.3, -0.25) is 4.79 Å². The second-order valence-corrected chi connectivity index (χ2v) is 5.24. The van der Waals surface area contributed by atoms with Gasteiger partial charge < -0.3 is 10.6 Å². The summed E-state index contributed by atoms with van der Waals surface area (Å²) in [6, 6.07) is 14.0. The average molecular weight is 284 g/mol. The highest BCUT2D eigenvalue weighted by Crippen LogP contribution is 2.24. The minimum atomic E-state index is -0.268. The molecule has 0 aliphatic carbocycles. The van der Waals surface area contributed by atoms with Crippen LogP contribution in [0, 0.1) is 5.82 Å². The Kier molecular flexibility index (Phi) is 3.86. The number of hydrogen-bond donors (Lipinski definition) is 2. The SMILES string of the molecule is O=C(NCc1ccc(F)cc1)C1CCc2ccccc2N1. The molecule has 2 aromatic rings. The van der Waals surface area contributed by atoms with Crippen molar-refractivity contribution in [3.05, 3.63) is 65.5 Å². The first-order chi connectivity index (χ1) is 10.2. The summed E-state index contributed by atoms with van der Waals surface area (Å²) in [7, 11) is 0. The molecule has 1 unspecified atom stereocenters. The number of benzene rings is 2. The van der Waals surface area contributed by atoms with Gasteiger partial charge in [-0.1, -0.05) is 30.3 Å². The highest BCUT2D eigenvalue weighted by Gasteiger charge is 2.23. The van der Waals surface area contributed by atoms with Gasteiger partial charge in [0, 0.05) is 12.2 Å². The summed E-state index contributed by atoms with van der Waals surface area (Å²) < 4.78 is 12.8. The van der Waals surface area contributed by atoms with Crippen LogP contribution in [-0.2, 0) is 17.8 Å². The predicted molar refractivity (Wildman–Crippen MR) is 80.4 cm³/mol. The van der Waals surface area contributed by atoms with Gasteiger partial charge in [0.05, 0.1) is 0 Å². The molecule has 1 aliphatic rings. The third-order valence-electron chi connectivity index (χ3n) is 3.75. The zero-order valence-electron chi connectivity index (χ0n) is 11.6. The number of rotatable bonds is 3. The zero-order valence-corrected chi connectivity index (χ0v) is 11.6. The largest absolute Gasteiger partial charge is 0.373 e. The van der Waals surface area contributed by atoms with E-state index in [9.17, 15) is 9.18 Å². The van der Waals surface area contributed by atoms with E-state index in [1.165, 1.54) is 17.7 Å². The van der Waals surface area contributed by atoms with Gasteiger partial charge in [0.1, 0.15) is 11.9 Å². The molecular formula is C17H17FN2O. The smallest absolute Gasteiger partial charge is 0.242 e. The molecule has 0 fully saturated rings. The van der Waals surface area contributed by atoms with Gasteiger partial charge in [-0.25, -0.2) is 4.39 Å². The van der Waals surface area contributed by atoms with Crippen LogP contribution >= 0.6 is 0 Å². The number of halogens is 1. The van der Waals surface area contributed by atoms with Gasteiger partial charge >= 0.3 is 0 Å². The van der Waals surface area contributed by atoms with Crippen molar-refractivity contribution in [2.75, 3.05) is 5.32 Å². The fraction of sp³-hybridized carbons (Fsp3) is 0.235. The number of nitrogens with one attached hydrogen (secondary N) is 2. The first kappa shape index (κ1) is 13.6. The number of hydrogen-bond acceptors (Lipinski definition) is 2. The second kappa shape index (κ2) is 5.95. The normalized spacial score (nSPS) is 16.7. The van der Waals surface area contributed by atoms with E-state index in [-0.39, 0.29) is 17.8 Å². The maximum atomic E-state index is 12.8. The lowest BCUT2D eigenvalue weighted by molar-refractivity contribution is -0.122. The van der Waals surface area contributed by atoms with Crippen molar-refractivity contribution in [2.45, 2.75) is 25.4 Å².